The van der Waals surface area contributed by atoms with E-state index in [1.807, 2.05) is 0 Å². The summed E-state index contributed by atoms with van der Waals surface area (Å²) in [5, 5.41) is 0. The van der Waals surface area contributed by atoms with E-state index >= 15 is 0 Å². The van der Waals surface area contributed by atoms with Crippen LogP contribution in [0.15, 0.2) is 0 Å². The van der Waals surface area contributed by atoms with Gasteiger partial charge in [-0.25, -0.2) is 0 Å². The molecule has 1 radical (unpaired) electrons. The van der Waals surface area contributed by atoms with Crippen molar-refractivity contribution in [2.24, 2.45) is 0 Å². The van der Waals surface area contributed by atoms with Crippen molar-refractivity contribution < 1.29 is 4.74 Å². The molecule has 0 rings (SSSR count). The predicted molar refractivity (Wildman–Crippen MR) is 29.8 cm³/mol. The summed E-state index contributed by atoms with van der Waals surface area (Å²) in [6.45, 7) is 3.25. The summed E-state index contributed by atoms with van der Waals surface area (Å²) in [6, 6.07) is 0. The van der Waals surface area contributed by atoms with Crippen LogP contribution < -0.4 is 0 Å². The van der Waals surface area contributed by atoms with Gasteiger partial charge in [-0.05, 0) is 0 Å². The average Bonchev–Trinajstić information content (AvgIpc) is 1.68. The van der Waals surface area contributed by atoms with Crippen LogP contribution in [0.5, 0.6) is 0 Å². The molecule has 0 fully saturated rings. The van der Waals surface area contributed by atoms with Gasteiger partial charge in [0.1, 0.15) is 0 Å². The van der Waals surface area contributed by atoms with Crippen LogP contribution in [0.2, 0.25) is 0 Å². The van der Waals surface area contributed by atoms with E-state index in [1.54, 1.807) is 0 Å². The molecule has 1 unspecified atom stereocenters. The Morgan fingerprint density at radius 2 is 2.43 bits per heavy atom. The number of ether oxygens (including phenoxy) is 1. The van der Waals surface area contributed by atoms with Crippen LogP contribution in [0.4, 0.5) is 0 Å². The van der Waals surface area contributed by atoms with Gasteiger partial charge in [0, 0.05) is 14.0 Å². The molecule has 0 aromatic carbocycles. The minimum absolute atomic E-state index is 0.502. The fraction of sp³-hybridized carbons (Fsp3) is 0.400. The first kappa shape index (κ1) is 6.81. The average molecular weight is 118 g/mol. The number of hydrogen-bond acceptors (Lipinski definition) is 1. The lowest BCUT2D eigenvalue weighted by Gasteiger charge is -1.92. The zero-order chi connectivity index (χ0) is 5.70. The summed E-state index contributed by atoms with van der Waals surface area (Å²) in [4.78, 5) is 0. The van der Waals surface area contributed by atoms with Gasteiger partial charge in [-0.2, -0.15) is 0 Å². The summed E-state index contributed by atoms with van der Waals surface area (Å²) in [5.41, 5.74) is -0.502. The maximum atomic E-state index is 5.33. The van der Waals surface area contributed by atoms with Crippen molar-refractivity contribution in [1.82, 2.24) is 0 Å². The van der Waals surface area contributed by atoms with Crippen LogP contribution in [0.3, 0.4) is 0 Å². The molecule has 0 aliphatic rings. The van der Waals surface area contributed by atoms with Crippen LogP contribution in [-0.4, -0.2) is 12.7 Å². The maximum absolute atomic E-state index is 5.33. The van der Waals surface area contributed by atoms with E-state index in [9.17, 15) is 0 Å². The lowest BCUT2D eigenvalue weighted by molar-refractivity contribution is 0.209. The molecule has 0 aliphatic heterocycles. The van der Waals surface area contributed by atoms with Gasteiger partial charge < -0.3 is 4.74 Å². The second kappa shape index (κ2) is 3.98. The second-order valence-corrected chi connectivity index (χ2v) is 1.27. The largest absolute Gasteiger partial charge is 0.355 e. The Labute approximate surface area is 48.6 Å². The van der Waals surface area contributed by atoms with Gasteiger partial charge >= 0.3 is 0 Å². The van der Waals surface area contributed by atoms with Crippen molar-refractivity contribution in [3.8, 4) is 11.8 Å². The highest BCUT2D eigenvalue weighted by Gasteiger charge is 1.88. The minimum atomic E-state index is -0.502. The minimum Gasteiger partial charge on any atom is -0.355 e. The van der Waals surface area contributed by atoms with E-state index in [0.717, 1.165) is 0 Å². The fourth-order valence-corrected chi connectivity index (χ4v) is 0.216. The second-order valence-electron chi connectivity index (χ2n) is 0.873. The first-order chi connectivity index (χ1) is 3.31. The number of halogens is 1. The third-order valence-corrected chi connectivity index (χ3v) is 0.710. The molecule has 0 saturated heterocycles. The molecule has 0 saturated carbocycles. The maximum Gasteiger partial charge on any atom is 0.192 e. The van der Waals surface area contributed by atoms with Crippen LogP contribution >= 0.6 is 11.6 Å². The number of methoxy groups -OCH3 is 1. The molecule has 0 aromatic heterocycles. The molecular weight excluding hydrogens is 112 g/mol. The molecule has 1 atom stereocenters. The predicted octanol–water partition coefficient (Wildman–Crippen LogP) is 1.04. The fourth-order valence-electron chi connectivity index (χ4n) is 0.139. The molecule has 7 heavy (non-hydrogen) atoms. The van der Waals surface area contributed by atoms with E-state index < -0.39 is 5.56 Å². The Morgan fingerprint density at radius 1 is 1.86 bits per heavy atom. The highest BCUT2D eigenvalue weighted by molar-refractivity contribution is 6.21. The summed E-state index contributed by atoms with van der Waals surface area (Å²) in [7, 11) is 1.49. The van der Waals surface area contributed by atoms with Crippen LogP contribution in [0.25, 0.3) is 0 Å². The van der Waals surface area contributed by atoms with E-state index in [2.05, 4.69) is 23.5 Å². The molecule has 0 aliphatic carbocycles. The highest BCUT2D eigenvalue weighted by atomic mass is 35.5. The summed E-state index contributed by atoms with van der Waals surface area (Å²) >= 11 is 5.33. The molecule has 1 nitrogen and oxygen atoms in total. The molecule has 0 heterocycles. The van der Waals surface area contributed by atoms with Crippen molar-refractivity contribution in [3.63, 3.8) is 0 Å². The van der Waals surface area contributed by atoms with Gasteiger partial charge in [0.15, 0.2) is 5.56 Å². The number of hydrogen-bond donors (Lipinski definition) is 0. The van der Waals surface area contributed by atoms with Gasteiger partial charge in [0.05, 0.1) is 0 Å². The molecular formula is C5H6ClO. The van der Waals surface area contributed by atoms with Crippen LogP contribution in [-0.2, 0) is 4.74 Å². The summed E-state index contributed by atoms with van der Waals surface area (Å²) < 4.78 is 4.54. The Morgan fingerprint density at radius 3 is 2.57 bits per heavy atom. The lowest BCUT2D eigenvalue weighted by Crippen LogP contribution is -1.94. The molecule has 0 amide bonds. The molecule has 0 spiro atoms. The SMILES string of the molecule is [CH2]C#CC(Cl)OC. The first-order valence-electron chi connectivity index (χ1n) is 1.75. The molecule has 0 N–H and O–H groups in total. The van der Waals surface area contributed by atoms with Gasteiger partial charge in [0.2, 0.25) is 0 Å². The van der Waals surface area contributed by atoms with Crippen molar-refractivity contribution >= 4 is 11.6 Å². The van der Waals surface area contributed by atoms with Crippen LogP contribution in [0.1, 0.15) is 0 Å². The summed E-state index contributed by atoms with van der Waals surface area (Å²) in [5.74, 6) is 4.84. The Bertz CT molecular complexity index is 90.0. The molecule has 2 heteroatoms. The first-order valence-corrected chi connectivity index (χ1v) is 2.19. The van der Waals surface area contributed by atoms with E-state index in [1.165, 1.54) is 7.11 Å². The molecule has 0 bridgehead atoms. The number of rotatable bonds is 1. The van der Waals surface area contributed by atoms with E-state index in [0.29, 0.717) is 0 Å². The zero-order valence-electron chi connectivity index (χ0n) is 4.07. The summed E-state index contributed by atoms with van der Waals surface area (Å²) in [6.07, 6.45) is 0. The number of alkyl halides is 1. The monoisotopic (exact) mass is 117 g/mol. The van der Waals surface area contributed by atoms with E-state index in [4.69, 9.17) is 11.6 Å². The van der Waals surface area contributed by atoms with Crippen molar-refractivity contribution in [2.45, 2.75) is 5.56 Å². The third-order valence-electron chi connectivity index (χ3n) is 0.422. The molecule has 0 aromatic rings. The lowest BCUT2D eigenvalue weighted by atomic mass is 10.6. The molecule has 39 valence electrons. The van der Waals surface area contributed by atoms with Gasteiger partial charge in [-0.3, -0.25) is 0 Å². The van der Waals surface area contributed by atoms with Crippen molar-refractivity contribution in [2.75, 3.05) is 7.11 Å². The topological polar surface area (TPSA) is 9.23 Å². The van der Waals surface area contributed by atoms with Gasteiger partial charge in [-0.1, -0.05) is 23.4 Å². The quantitative estimate of drug-likeness (QED) is 0.368. The van der Waals surface area contributed by atoms with Gasteiger partial charge in [0.25, 0.3) is 0 Å². The van der Waals surface area contributed by atoms with Crippen molar-refractivity contribution in [1.29, 1.82) is 0 Å². The standard InChI is InChI=1S/C5H6ClO/c1-3-4-5(6)7-2/h5H,1H2,2H3. The highest BCUT2D eigenvalue weighted by Crippen LogP contribution is 1.90. The Kier molecular flexibility index (Phi) is 3.87. The van der Waals surface area contributed by atoms with Gasteiger partial charge in [-0.15, -0.1) is 0 Å². The van der Waals surface area contributed by atoms with Crippen LogP contribution in [0, 0.1) is 18.8 Å². The third kappa shape index (κ3) is 3.65. The van der Waals surface area contributed by atoms with Crippen molar-refractivity contribution in [3.05, 3.63) is 6.92 Å². The Balaban J connectivity index is 3.29. The smallest absolute Gasteiger partial charge is 0.192 e. The zero-order valence-corrected chi connectivity index (χ0v) is 4.83. The Hall–Kier alpha value is -0.190. The normalized spacial score (nSPS) is 11.9. The van der Waals surface area contributed by atoms with E-state index in [-0.39, 0.29) is 0 Å².